The van der Waals surface area contributed by atoms with Crippen molar-refractivity contribution in [1.29, 1.82) is 0 Å². The van der Waals surface area contributed by atoms with Crippen LogP contribution < -0.4 is 15.4 Å². The summed E-state index contributed by atoms with van der Waals surface area (Å²) < 4.78 is 4.97. The second-order valence-electron chi connectivity index (χ2n) is 6.29. The number of ether oxygens (including phenoxy) is 1. The standard InChI is InChI=1S/C22H22N2O6/c1-15(25)30-18-11-9-16(10-12-18)14-19(22(29)23-13-5-8-20(26)27)24-21(28)17-6-3-2-4-7-17/h2-4,6-7,9-12,14H,5,8,13H2,1H3,(H,23,29)(H,24,28)(H,26,27)/b19-14+. The van der Waals surface area contributed by atoms with Crippen LogP contribution in [0.1, 0.15) is 35.7 Å². The topological polar surface area (TPSA) is 122 Å². The number of carbonyl (C=O) groups excluding carboxylic acids is 3. The van der Waals surface area contributed by atoms with Crippen molar-refractivity contribution in [2.24, 2.45) is 0 Å². The van der Waals surface area contributed by atoms with Crippen LogP contribution in [0, 0.1) is 0 Å². The van der Waals surface area contributed by atoms with Gasteiger partial charge in [0.05, 0.1) is 0 Å². The summed E-state index contributed by atoms with van der Waals surface area (Å²) in [6.45, 7) is 1.44. The van der Waals surface area contributed by atoms with Crippen LogP contribution in [0.2, 0.25) is 0 Å². The summed E-state index contributed by atoms with van der Waals surface area (Å²) in [7, 11) is 0. The molecule has 0 heterocycles. The molecule has 2 aromatic rings. The van der Waals surface area contributed by atoms with Crippen LogP contribution in [-0.4, -0.2) is 35.4 Å². The van der Waals surface area contributed by atoms with E-state index in [4.69, 9.17) is 9.84 Å². The number of benzene rings is 2. The Kier molecular flexibility index (Phi) is 8.31. The SMILES string of the molecule is CC(=O)Oc1ccc(/C=C(/NC(=O)c2ccccc2)C(=O)NCCCC(=O)O)cc1. The average molecular weight is 410 g/mol. The van der Waals surface area contributed by atoms with E-state index in [0.29, 0.717) is 16.9 Å². The second kappa shape index (κ2) is 11.2. The number of amides is 2. The Morgan fingerprint density at radius 2 is 1.67 bits per heavy atom. The lowest BCUT2D eigenvalue weighted by Gasteiger charge is -2.11. The van der Waals surface area contributed by atoms with Gasteiger partial charge in [-0.3, -0.25) is 19.2 Å². The molecule has 0 atom stereocenters. The molecule has 0 fully saturated rings. The fourth-order valence-electron chi connectivity index (χ4n) is 2.44. The third kappa shape index (κ3) is 7.59. The minimum atomic E-state index is -0.953. The van der Waals surface area contributed by atoms with Gasteiger partial charge in [0.15, 0.2) is 0 Å². The molecule has 0 aliphatic carbocycles. The van der Waals surface area contributed by atoms with E-state index < -0.39 is 23.8 Å². The number of carboxylic acid groups (broad SMARTS) is 1. The molecule has 0 aliphatic heterocycles. The Morgan fingerprint density at radius 3 is 2.27 bits per heavy atom. The number of carbonyl (C=O) groups is 4. The molecule has 156 valence electrons. The molecule has 0 saturated carbocycles. The van der Waals surface area contributed by atoms with Gasteiger partial charge < -0.3 is 20.5 Å². The number of nitrogens with one attached hydrogen (secondary N) is 2. The number of carboxylic acids is 1. The normalized spacial score (nSPS) is 10.8. The van der Waals surface area contributed by atoms with Crippen LogP contribution in [0.4, 0.5) is 0 Å². The molecule has 0 radical (unpaired) electrons. The van der Waals surface area contributed by atoms with E-state index in [1.165, 1.54) is 13.0 Å². The fraction of sp³-hybridized carbons (Fsp3) is 0.182. The summed E-state index contributed by atoms with van der Waals surface area (Å²) in [5.41, 5.74) is 0.974. The van der Waals surface area contributed by atoms with Crippen LogP contribution in [0.15, 0.2) is 60.3 Å². The van der Waals surface area contributed by atoms with Gasteiger partial charge in [-0.1, -0.05) is 30.3 Å². The van der Waals surface area contributed by atoms with Gasteiger partial charge in [0, 0.05) is 25.5 Å². The van der Waals surface area contributed by atoms with E-state index in [1.807, 2.05) is 0 Å². The van der Waals surface area contributed by atoms with Crippen LogP contribution in [0.3, 0.4) is 0 Å². The van der Waals surface area contributed by atoms with Gasteiger partial charge in [0.2, 0.25) is 0 Å². The Hall–Kier alpha value is -3.94. The minimum absolute atomic E-state index is 0.000542. The van der Waals surface area contributed by atoms with Crippen molar-refractivity contribution in [2.45, 2.75) is 19.8 Å². The fourth-order valence-corrected chi connectivity index (χ4v) is 2.44. The third-order valence-corrected chi connectivity index (χ3v) is 3.83. The number of rotatable bonds is 9. The summed E-state index contributed by atoms with van der Waals surface area (Å²) in [4.78, 5) is 46.7. The molecule has 0 aliphatic rings. The van der Waals surface area contributed by atoms with Crippen molar-refractivity contribution in [3.63, 3.8) is 0 Å². The van der Waals surface area contributed by atoms with Gasteiger partial charge in [0.25, 0.3) is 11.8 Å². The predicted molar refractivity (Wildman–Crippen MR) is 110 cm³/mol. The van der Waals surface area contributed by atoms with E-state index in [0.717, 1.165) is 0 Å². The molecule has 0 bridgehead atoms. The van der Waals surface area contributed by atoms with Crippen molar-refractivity contribution in [1.82, 2.24) is 10.6 Å². The molecule has 8 heteroatoms. The first-order valence-electron chi connectivity index (χ1n) is 9.21. The van der Waals surface area contributed by atoms with Gasteiger partial charge in [-0.15, -0.1) is 0 Å². The lowest BCUT2D eigenvalue weighted by atomic mass is 10.1. The quantitative estimate of drug-likeness (QED) is 0.253. The summed E-state index contributed by atoms with van der Waals surface area (Å²) in [5, 5.41) is 13.9. The number of esters is 1. The van der Waals surface area contributed by atoms with Crippen molar-refractivity contribution in [3.8, 4) is 5.75 Å². The van der Waals surface area contributed by atoms with Crippen molar-refractivity contribution >= 4 is 29.8 Å². The zero-order chi connectivity index (χ0) is 21.9. The zero-order valence-corrected chi connectivity index (χ0v) is 16.4. The Labute approximate surface area is 173 Å². The predicted octanol–water partition coefficient (Wildman–Crippen LogP) is 2.36. The highest BCUT2D eigenvalue weighted by Gasteiger charge is 2.14. The maximum absolute atomic E-state index is 12.6. The number of hydrogen-bond acceptors (Lipinski definition) is 5. The molecule has 8 nitrogen and oxygen atoms in total. The highest BCUT2D eigenvalue weighted by molar-refractivity contribution is 6.05. The largest absolute Gasteiger partial charge is 0.481 e. The summed E-state index contributed by atoms with van der Waals surface area (Å²) in [6.07, 6.45) is 1.66. The molecule has 2 amide bonds. The second-order valence-corrected chi connectivity index (χ2v) is 6.29. The summed E-state index contributed by atoms with van der Waals surface area (Å²) in [6, 6.07) is 14.8. The van der Waals surface area contributed by atoms with Gasteiger partial charge in [-0.05, 0) is 42.3 Å². The van der Waals surface area contributed by atoms with Crippen LogP contribution in [-0.2, 0) is 14.4 Å². The third-order valence-electron chi connectivity index (χ3n) is 3.83. The van der Waals surface area contributed by atoms with Crippen molar-refractivity contribution in [3.05, 3.63) is 71.4 Å². The Bertz CT molecular complexity index is 936. The minimum Gasteiger partial charge on any atom is -0.481 e. The maximum atomic E-state index is 12.6. The smallest absolute Gasteiger partial charge is 0.308 e. The van der Waals surface area contributed by atoms with Crippen LogP contribution >= 0.6 is 0 Å². The Balaban J connectivity index is 2.17. The molecule has 3 N–H and O–H groups in total. The first-order valence-corrected chi connectivity index (χ1v) is 9.21. The van der Waals surface area contributed by atoms with E-state index in [-0.39, 0.29) is 25.1 Å². The molecule has 2 aromatic carbocycles. The van der Waals surface area contributed by atoms with Gasteiger partial charge in [-0.25, -0.2) is 0 Å². The number of hydrogen-bond donors (Lipinski definition) is 3. The molecule has 0 unspecified atom stereocenters. The van der Waals surface area contributed by atoms with Gasteiger partial charge in [-0.2, -0.15) is 0 Å². The first-order chi connectivity index (χ1) is 14.3. The summed E-state index contributed by atoms with van der Waals surface area (Å²) >= 11 is 0. The lowest BCUT2D eigenvalue weighted by Crippen LogP contribution is -2.35. The summed E-state index contributed by atoms with van der Waals surface area (Å²) in [5.74, 6) is -2.06. The molecule has 0 saturated heterocycles. The van der Waals surface area contributed by atoms with E-state index in [2.05, 4.69) is 10.6 Å². The molecule has 2 rings (SSSR count). The van der Waals surface area contributed by atoms with Gasteiger partial charge in [0.1, 0.15) is 11.4 Å². The molecule has 30 heavy (non-hydrogen) atoms. The van der Waals surface area contributed by atoms with Crippen molar-refractivity contribution in [2.75, 3.05) is 6.54 Å². The monoisotopic (exact) mass is 410 g/mol. The van der Waals surface area contributed by atoms with Crippen LogP contribution in [0.5, 0.6) is 5.75 Å². The highest BCUT2D eigenvalue weighted by Crippen LogP contribution is 2.15. The lowest BCUT2D eigenvalue weighted by molar-refractivity contribution is -0.137. The molecular formula is C22H22N2O6. The van der Waals surface area contributed by atoms with E-state index >= 15 is 0 Å². The first kappa shape index (κ1) is 22.4. The zero-order valence-electron chi connectivity index (χ0n) is 16.4. The molecular weight excluding hydrogens is 388 g/mol. The van der Waals surface area contributed by atoms with Gasteiger partial charge >= 0.3 is 11.9 Å². The molecule has 0 spiro atoms. The van der Waals surface area contributed by atoms with E-state index in [9.17, 15) is 19.2 Å². The number of aliphatic carboxylic acids is 1. The maximum Gasteiger partial charge on any atom is 0.308 e. The van der Waals surface area contributed by atoms with Crippen molar-refractivity contribution < 1.29 is 29.0 Å². The highest BCUT2D eigenvalue weighted by atomic mass is 16.5. The average Bonchev–Trinajstić information content (AvgIpc) is 2.72. The molecule has 0 aromatic heterocycles. The Morgan fingerprint density at radius 1 is 1.00 bits per heavy atom. The van der Waals surface area contributed by atoms with E-state index in [1.54, 1.807) is 54.6 Å². The van der Waals surface area contributed by atoms with Crippen LogP contribution in [0.25, 0.3) is 6.08 Å².